The van der Waals surface area contributed by atoms with Crippen LogP contribution >= 0.6 is 11.6 Å². The van der Waals surface area contributed by atoms with Crippen LogP contribution in [-0.2, 0) is 39.0 Å². The molecule has 9 heteroatoms. The highest BCUT2D eigenvalue weighted by atomic mass is 35.5. The van der Waals surface area contributed by atoms with Gasteiger partial charge in [0, 0.05) is 37.5 Å². The number of amides is 2. The summed E-state index contributed by atoms with van der Waals surface area (Å²) in [5.74, 6) is -0.436. The van der Waals surface area contributed by atoms with E-state index in [9.17, 15) is 18.0 Å². The number of carbonyl (C=O) groups is 2. The van der Waals surface area contributed by atoms with Crippen molar-refractivity contribution >= 4 is 39.1 Å². The maximum Gasteiger partial charge on any atom is 0.243 e. The molecule has 0 radical (unpaired) electrons. The number of nitrogens with zero attached hydrogens (tertiary/aromatic N) is 2. The summed E-state index contributed by atoms with van der Waals surface area (Å²) in [6.07, 6.45) is 3.53. The Balaban J connectivity index is 1.85. The predicted molar refractivity (Wildman–Crippen MR) is 166 cm³/mol. The van der Waals surface area contributed by atoms with Gasteiger partial charge in [-0.05, 0) is 60.2 Å². The Bertz CT molecular complexity index is 1360. The van der Waals surface area contributed by atoms with Crippen molar-refractivity contribution in [2.45, 2.75) is 58.5 Å². The van der Waals surface area contributed by atoms with E-state index in [2.05, 4.69) is 5.32 Å². The Kier molecular flexibility index (Phi) is 12.2. The molecule has 0 bridgehead atoms. The molecular weight excluding hydrogens is 558 g/mol. The van der Waals surface area contributed by atoms with Crippen LogP contribution < -0.4 is 9.62 Å². The minimum atomic E-state index is -3.56. The molecule has 2 amide bonds. The van der Waals surface area contributed by atoms with Crippen molar-refractivity contribution in [3.05, 3.63) is 101 Å². The third-order valence-electron chi connectivity index (χ3n) is 6.87. The molecule has 0 fully saturated rings. The quantitative estimate of drug-likeness (QED) is 0.247. The van der Waals surface area contributed by atoms with E-state index in [1.807, 2.05) is 68.4 Å². The highest BCUT2D eigenvalue weighted by Gasteiger charge is 2.30. The predicted octanol–water partition coefficient (Wildman–Crippen LogP) is 5.61. The number of halogens is 1. The molecule has 0 aliphatic rings. The topological polar surface area (TPSA) is 86.8 Å². The first kappa shape index (κ1) is 32.2. The summed E-state index contributed by atoms with van der Waals surface area (Å²) in [6, 6.07) is 23.5. The van der Waals surface area contributed by atoms with Crippen LogP contribution in [0, 0.1) is 0 Å². The standard InChI is InChI=1S/C32H40ClN3O4S/c1-4-21-34-32(38)30(23-26-10-7-6-8-11-26)35(24-27-13-17-28(33)18-14-27)31(37)12-9-22-36(41(3,39)40)29-19-15-25(5-2)16-20-29/h6-8,10-11,13-20,30H,4-5,9,12,21-24H2,1-3H3,(H,34,38)/t30-/m1/s1. The van der Waals surface area contributed by atoms with Gasteiger partial charge in [0.2, 0.25) is 21.8 Å². The maximum absolute atomic E-state index is 13.8. The molecule has 3 aromatic carbocycles. The smallest absolute Gasteiger partial charge is 0.243 e. The van der Waals surface area contributed by atoms with Gasteiger partial charge in [0.1, 0.15) is 6.04 Å². The largest absolute Gasteiger partial charge is 0.354 e. The molecule has 0 unspecified atom stereocenters. The minimum Gasteiger partial charge on any atom is -0.354 e. The summed E-state index contributed by atoms with van der Waals surface area (Å²) in [7, 11) is -3.56. The average molecular weight is 598 g/mol. The highest BCUT2D eigenvalue weighted by molar-refractivity contribution is 7.92. The monoisotopic (exact) mass is 597 g/mol. The number of anilines is 1. The number of rotatable bonds is 15. The second kappa shape index (κ2) is 15.6. The van der Waals surface area contributed by atoms with Crippen LogP contribution in [0.15, 0.2) is 78.9 Å². The van der Waals surface area contributed by atoms with E-state index in [1.54, 1.807) is 29.2 Å². The van der Waals surface area contributed by atoms with Gasteiger partial charge in [0.05, 0.1) is 11.9 Å². The van der Waals surface area contributed by atoms with Crippen LogP contribution in [0.1, 0.15) is 49.8 Å². The average Bonchev–Trinajstić information content (AvgIpc) is 2.96. The van der Waals surface area contributed by atoms with Gasteiger partial charge in [-0.2, -0.15) is 0 Å². The Morgan fingerprint density at radius 3 is 2.10 bits per heavy atom. The first-order valence-corrected chi connectivity index (χ1v) is 16.3. The van der Waals surface area contributed by atoms with Crippen LogP contribution in [0.3, 0.4) is 0 Å². The molecule has 0 saturated carbocycles. The molecule has 1 N–H and O–H groups in total. The van der Waals surface area contributed by atoms with Gasteiger partial charge in [-0.15, -0.1) is 0 Å². The minimum absolute atomic E-state index is 0.0823. The normalized spacial score (nSPS) is 12.0. The lowest BCUT2D eigenvalue weighted by molar-refractivity contribution is -0.141. The van der Waals surface area contributed by atoms with Gasteiger partial charge in [-0.1, -0.05) is 80.0 Å². The SMILES string of the molecule is CCCNC(=O)[C@@H](Cc1ccccc1)N(Cc1ccc(Cl)cc1)C(=O)CCCN(c1ccc(CC)cc1)S(C)(=O)=O. The molecule has 0 heterocycles. The molecule has 0 aliphatic heterocycles. The molecule has 0 aliphatic carbocycles. The van der Waals surface area contributed by atoms with E-state index in [0.717, 1.165) is 29.5 Å². The van der Waals surface area contributed by atoms with Crippen molar-refractivity contribution in [2.75, 3.05) is 23.7 Å². The fourth-order valence-electron chi connectivity index (χ4n) is 4.61. The van der Waals surface area contributed by atoms with E-state index >= 15 is 0 Å². The van der Waals surface area contributed by atoms with Crippen LogP contribution in [-0.4, -0.2) is 50.5 Å². The summed E-state index contributed by atoms with van der Waals surface area (Å²) in [5.41, 5.74) is 3.46. The number of aryl methyl sites for hydroxylation is 1. The zero-order chi connectivity index (χ0) is 29.8. The van der Waals surface area contributed by atoms with E-state index in [1.165, 1.54) is 10.6 Å². The van der Waals surface area contributed by atoms with E-state index in [0.29, 0.717) is 30.1 Å². The first-order valence-electron chi connectivity index (χ1n) is 14.0. The summed E-state index contributed by atoms with van der Waals surface area (Å²) in [4.78, 5) is 28.9. The summed E-state index contributed by atoms with van der Waals surface area (Å²) in [6.45, 7) is 4.90. The number of carbonyl (C=O) groups excluding carboxylic acids is 2. The van der Waals surface area contributed by atoms with Crippen molar-refractivity contribution in [1.29, 1.82) is 0 Å². The molecule has 0 aromatic heterocycles. The van der Waals surface area contributed by atoms with Crippen molar-refractivity contribution in [1.82, 2.24) is 10.2 Å². The molecule has 3 rings (SSSR count). The van der Waals surface area contributed by atoms with Crippen LogP contribution in [0.25, 0.3) is 0 Å². The van der Waals surface area contributed by atoms with Gasteiger partial charge >= 0.3 is 0 Å². The molecule has 0 spiro atoms. The number of hydrogen-bond acceptors (Lipinski definition) is 4. The number of hydrogen-bond donors (Lipinski definition) is 1. The fourth-order valence-corrected chi connectivity index (χ4v) is 5.70. The number of sulfonamides is 1. The van der Waals surface area contributed by atoms with Crippen molar-refractivity contribution in [3.63, 3.8) is 0 Å². The van der Waals surface area contributed by atoms with Gasteiger partial charge in [0.15, 0.2) is 0 Å². The van der Waals surface area contributed by atoms with E-state index in [4.69, 9.17) is 11.6 Å². The zero-order valence-corrected chi connectivity index (χ0v) is 25.6. The van der Waals surface area contributed by atoms with Gasteiger partial charge in [-0.3, -0.25) is 13.9 Å². The highest BCUT2D eigenvalue weighted by Crippen LogP contribution is 2.21. The molecule has 3 aromatic rings. The van der Waals surface area contributed by atoms with Gasteiger partial charge < -0.3 is 10.2 Å². The van der Waals surface area contributed by atoms with Crippen LogP contribution in [0.2, 0.25) is 5.02 Å². The molecule has 41 heavy (non-hydrogen) atoms. The van der Waals surface area contributed by atoms with Crippen LogP contribution in [0.5, 0.6) is 0 Å². The lowest BCUT2D eigenvalue weighted by atomic mass is 10.0. The number of nitrogens with one attached hydrogen (secondary N) is 1. The molecule has 0 saturated heterocycles. The second-order valence-electron chi connectivity index (χ2n) is 10.1. The van der Waals surface area contributed by atoms with Crippen molar-refractivity contribution in [3.8, 4) is 0 Å². The summed E-state index contributed by atoms with van der Waals surface area (Å²) in [5, 5.41) is 3.55. The summed E-state index contributed by atoms with van der Waals surface area (Å²) >= 11 is 6.09. The van der Waals surface area contributed by atoms with E-state index in [-0.39, 0.29) is 31.3 Å². The maximum atomic E-state index is 13.8. The third kappa shape index (κ3) is 9.90. The van der Waals surface area contributed by atoms with Crippen molar-refractivity contribution in [2.24, 2.45) is 0 Å². The lowest BCUT2D eigenvalue weighted by Gasteiger charge is -2.32. The molecule has 220 valence electrons. The van der Waals surface area contributed by atoms with Gasteiger partial charge in [0.25, 0.3) is 0 Å². The van der Waals surface area contributed by atoms with Gasteiger partial charge in [-0.25, -0.2) is 8.42 Å². The van der Waals surface area contributed by atoms with E-state index < -0.39 is 16.1 Å². The second-order valence-corrected chi connectivity index (χ2v) is 12.4. The first-order chi connectivity index (χ1) is 19.6. The summed E-state index contributed by atoms with van der Waals surface area (Å²) < 4.78 is 26.6. The Hall–Kier alpha value is -3.36. The molecule has 1 atom stereocenters. The number of benzene rings is 3. The Morgan fingerprint density at radius 2 is 1.51 bits per heavy atom. The molecule has 7 nitrogen and oxygen atoms in total. The third-order valence-corrected chi connectivity index (χ3v) is 8.32. The fraction of sp³-hybridized carbons (Fsp3) is 0.375. The van der Waals surface area contributed by atoms with Crippen LogP contribution in [0.4, 0.5) is 5.69 Å². The Morgan fingerprint density at radius 1 is 0.878 bits per heavy atom. The molecular formula is C32H40ClN3O4S. The Labute approximate surface area is 249 Å². The zero-order valence-electron chi connectivity index (χ0n) is 24.1. The van der Waals surface area contributed by atoms with Crippen molar-refractivity contribution < 1.29 is 18.0 Å². The lowest BCUT2D eigenvalue weighted by Crippen LogP contribution is -2.50.